The lowest BCUT2D eigenvalue weighted by Gasteiger charge is -2.24. The highest BCUT2D eigenvalue weighted by molar-refractivity contribution is 5.97. The summed E-state index contributed by atoms with van der Waals surface area (Å²) in [5.41, 5.74) is 5.59. The highest BCUT2D eigenvalue weighted by Crippen LogP contribution is 2.34. The number of carbonyl (C=O) groups is 1. The van der Waals surface area contributed by atoms with Crippen molar-refractivity contribution in [3.63, 3.8) is 0 Å². The summed E-state index contributed by atoms with van der Waals surface area (Å²) in [4.78, 5) is 22.9. The number of rotatable bonds is 4. The zero-order valence-electron chi connectivity index (χ0n) is 15.0. The van der Waals surface area contributed by atoms with Crippen molar-refractivity contribution in [2.24, 2.45) is 5.92 Å². The molecule has 0 fully saturated rings. The van der Waals surface area contributed by atoms with Gasteiger partial charge in [-0.3, -0.25) is 9.36 Å². The second-order valence-electron chi connectivity index (χ2n) is 7.27. The van der Waals surface area contributed by atoms with Crippen molar-refractivity contribution in [3.05, 3.63) is 53.2 Å². The van der Waals surface area contributed by atoms with Gasteiger partial charge in [-0.05, 0) is 45.5 Å². The first-order valence-electron chi connectivity index (χ1n) is 8.85. The van der Waals surface area contributed by atoms with Gasteiger partial charge in [-0.25, -0.2) is 4.98 Å². The minimum absolute atomic E-state index is 0.00230. The zero-order valence-corrected chi connectivity index (χ0v) is 15.0. The number of aromatic nitrogens is 3. The Bertz CT molecular complexity index is 934. The van der Waals surface area contributed by atoms with Crippen molar-refractivity contribution >= 4 is 16.8 Å². The van der Waals surface area contributed by atoms with Crippen LogP contribution in [0.25, 0.3) is 10.9 Å². The van der Waals surface area contributed by atoms with E-state index in [2.05, 4.69) is 47.2 Å². The van der Waals surface area contributed by atoms with Gasteiger partial charge in [0.2, 0.25) is 5.91 Å². The van der Waals surface area contributed by atoms with Crippen LogP contribution in [-0.4, -0.2) is 39.4 Å². The van der Waals surface area contributed by atoms with E-state index in [1.54, 1.807) is 6.33 Å². The van der Waals surface area contributed by atoms with Gasteiger partial charge in [0.15, 0.2) is 0 Å². The van der Waals surface area contributed by atoms with Gasteiger partial charge in [0, 0.05) is 35.7 Å². The summed E-state index contributed by atoms with van der Waals surface area (Å²) in [5.74, 6) is 0.211. The number of hydrogen-bond acceptors (Lipinski definition) is 3. The molecule has 0 spiro atoms. The average Bonchev–Trinajstić information content (AvgIpc) is 3.12. The van der Waals surface area contributed by atoms with E-state index in [1.165, 1.54) is 16.6 Å². The third-order valence-corrected chi connectivity index (χ3v) is 5.24. The fraction of sp³-hybridized carbons (Fsp3) is 0.400. The van der Waals surface area contributed by atoms with E-state index in [-0.39, 0.29) is 11.8 Å². The van der Waals surface area contributed by atoms with Gasteiger partial charge in [0.1, 0.15) is 0 Å². The first-order chi connectivity index (χ1) is 12.1. The predicted molar refractivity (Wildman–Crippen MR) is 98.8 cm³/mol. The molecule has 0 radical (unpaired) electrons. The summed E-state index contributed by atoms with van der Waals surface area (Å²) in [5, 5.41) is 1.20. The maximum Gasteiger partial charge on any atom is 0.234 e. The Kier molecular flexibility index (Phi) is 3.96. The van der Waals surface area contributed by atoms with Crippen molar-refractivity contribution < 1.29 is 4.79 Å². The van der Waals surface area contributed by atoms with E-state index < -0.39 is 0 Å². The van der Waals surface area contributed by atoms with Crippen molar-refractivity contribution in [2.75, 3.05) is 14.1 Å². The van der Waals surface area contributed by atoms with Crippen molar-refractivity contribution in [1.82, 2.24) is 19.4 Å². The molecule has 130 valence electrons. The molecule has 25 heavy (non-hydrogen) atoms. The van der Waals surface area contributed by atoms with Crippen LogP contribution in [0.3, 0.4) is 0 Å². The highest BCUT2D eigenvalue weighted by atomic mass is 16.2. The number of imidazole rings is 1. The van der Waals surface area contributed by atoms with E-state index in [9.17, 15) is 4.79 Å². The molecule has 3 aromatic rings. The Balaban J connectivity index is 1.77. The molecule has 1 aromatic carbocycles. The summed E-state index contributed by atoms with van der Waals surface area (Å²) in [6, 6.07) is 8.28. The van der Waals surface area contributed by atoms with E-state index in [1.807, 2.05) is 17.6 Å². The summed E-state index contributed by atoms with van der Waals surface area (Å²) in [7, 11) is 4.15. The number of fused-ring (bicyclic) bond motifs is 3. The molecule has 1 atom stereocenters. The van der Waals surface area contributed by atoms with Gasteiger partial charge in [-0.15, -0.1) is 0 Å². The van der Waals surface area contributed by atoms with Gasteiger partial charge in [0.25, 0.3) is 0 Å². The third kappa shape index (κ3) is 2.68. The lowest BCUT2D eigenvalue weighted by molar-refractivity contribution is 0.0807. The summed E-state index contributed by atoms with van der Waals surface area (Å²) in [6.45, 7) is 2.88. The highest BCUT2D eigenvalue weighted by Gasteiger charge is 2.32. The molecule has 1 N–H and O–H groups in total. The molecule has 5 heteroatoms. The fourth-order valence-corrected chi connectivity index (χ4v) is 4.00. The van der Waals surface area contributed by atoms with E-state index >= 15 is 0 Å². The molecule has 3 heterocycles. The molecule has 0 bridgehead atoms. The lowest BCUT2D eigenvalue weighted by atomic mass is 9.92. The molecule has 1 unspecified atom stereocenters. The van der Waals surface area contributed by atoms with Crippen LogP contribution >= 0.6 is 0 Å². The van der Waals surface area contributed by atoms with Gasteiger partial charge < -0.3 is 9.88 Å². The maximum atomic E-state index is 13.3. The van der Waals surface area contributed by atoms with Gasteiger partial charge in [-0.2, -0.15) is 0 Å². The molecule has 1 aliphatic rings. The number of nitrogens with zero attached hydrogens (tertiary/aromatic N) is 3. The van der Waals surface area contributed by atoms with Crippen molar-refractivity contribution in [1.29, 1.82) is 0 Å². The topological polar surface area (TPSA) is 53.9 Å². The largest absolute Gasteiger partial charge is 0.348 e. The van der Waals surface area contributed by atoms with Crippen LogP contribution in [0, 0.1) is 12.8 Å². The molecule has 2 aromatic heterocycles. The summed E-state index contributed by atoms with van der Waals surface area (Å²) < 4.78 is 1.98. The Morgan fingerprint density at radius 2 is 2.16 bits per heavy atom. The number of aryl methyl sites for hydroxylation is 1. The van der Waals surface area contributed by atoms with Gasteiger partial charge >= 0.3 is 0 Å². The molecular weight excluding hydrogens is 314 g/mol. The SMILES string of the molecule is Cc1[nH]cnc1CC1CCc2c([14CH2]N(C)C)c3ccccc3n2C1=O. The molecule has 0 aliphatic carbocycles. The second-order valence-corrected chi connectivity index (χ2v) is 7.27. The maximum absolute atomic E-state index is 13.3. The van der Waals surface area contributed by atoms with Crippen molar-refractivity contribution in [2.45, 2.75) is 32.7 Å². The fourth-order valence-electron chi connectivity index (χ4n) is 4.00. The quantitative estimate of drug-likeness (QED) is 0.795. The van der Waals surface area contributed by atoms with E-state index in [0.29, 0.717) is 6.42 Å². The monoisotopic (exact) mass is 338 g/mol. The average molecular weight is 338 g/mol. The van der Waals surface area contributed by atoms with Gasteiger partial charge in [0.05, 0.1) is 17.5 Å². The lowest BCUT2D eigenvalue weighted by Crippen LogP contribution is -2.31. The standard InChI is InChI=1S/C20H24N4O/c1-13-17(22-12-21-13)10-14-8-9-19-16(11-23(2)3)15-6-4-5-7-18(15)24(19)20(14)25/h4-7,12,14H,8-11H2,1-3H3,(H,21,22)/i11+2. The molecule has 0 amide bonds. The Morgan fingerprint density at radius 3 is 2.88 bits per heavy atom. The van der Waals surface area contributed by atoms with Crippen LogP contribution in [0.15, 0.2) is 30.6 Å². The first kappa shape index (κ1) is 16.1. The van der Waals surface area contributed by atoms with Crippen LogP contribution in [0.2, 0.25) is 0 Å². The van der Waals surface area contributed by atoms with Crippen LogP contribution in [0.4, 0.5) is 0 Å². The van der Waals surface area contributed by atoms with Crippen LogP contribution < -0.4 is 0 Å². The summed E-state index contributed by atoms with van der Waals surface area (Å²) in [6.07, 6.45) is 4.26. The summed E-state index contributed by atoms with van der Waals surface area (Å²) >= 11 is 0. The third-order valence-electron chi connectivity index (χ3n) is 5.24. The van der Waals surface area contributed by atoms with Crippen LogP contribution in [0.5, 0.6) is 0 Å². The van der Waals surface area contributed by atoms with Crippen molar-refractivity contribution in [3.8, 4) is 0 Å². The second kappa shape index (κ2) is 6.15. The predicted octanol–water partition coefficient (Wildman–Crippen LogP) is 3.18. The molecule has 4 rings (SSSR count). The molecule has 5 nitrogen and oxygen atoms in total. The normalized spacial score (nSPS) is 17.4. The smallest absolute Gasteiger partial charge is 0.234 e. The number of nitrogens with one attached hydrogen (secondary N) is 1. The number of aromatic amines is 1. The van der Waals surface area contributed by atoms with Gasteiger partial charge in [-0.1, -0.05) is 18.2 Å². The van der Waals surface area contributed by atoms with Crippen LogP contribution in [0.1, 0.15) is 33.9 Å². The van der Waals surface area contributed by atoms with Crippen LogP contribution in [-0.2, 0) is 19.4 Å². The van der Waals surface area contributed by atoms with E-state index in [0.717, 1.165) is 36.3 Å². The Hall–Kier alpha value is -2.40. The molecular formula is C20H24N4O. The molecule has 0 saturated carbocycles. The minimum atomic E-state index is -0.00230. The first-order valence-corrected chi connectivity index (χ1v) is 8.85. The number of para-hydroxylation sites is 1. The van der Waals surface area contributed by atoms with E-state index in [4.69, 9.17) is 0 Å². The number of carbonyl (C=O) groups excluding carboxylic acids is 1. The zero-order chi connectivity index (χ0) is 17.6. The molecule has 0 saturated heterocycles. The molecule has 1 aliphatic heterocycles. The Labute approximate surface area is 147 Å². The number of benzene rings is 1. The Morgan fingerprint density at radius 1 is 1.36 bits per heavy atom. The number of H-pyrrole nitrogens is 1. The number of hydrogen-bond donors (Lipinski definition) is 1. The minimum Gasteiger partial charge on any atom is -0.348 e.